The molecule has 4 aromatic carbocycles. The van der Waals surface area contributed by atoms with E-state index >= 15 is 0 Å². The third-order valence-corrected chi connectivity index (χ3v) is 8.14. The molecule has 1 aliphatic rings. The Hall–Kier alpha value is -3.96. The van der Waals surface area contributed by atoms with Gasteiger partial charge in [-0.3, -0.25) is 0 Å². The van der Waals surface area contributed by atoms with E-state index < -0.39 is 37.0 Å². The third-order valence-electron chi connectivity index (χ3n) is 8.14. The summed E-state index contributed by atoms with van der Waals surface area (Å²) in [5, 5.41) is 0. The number of ether oxygens (including phenoxy) is 8. The Bertz CT molecular complexity index is 1520. The Morgan fingerprint density at radius 2 is 1.12 bits per heavy atom. The minimum absolute atomic E-state index is 0.204. The van der Waals surface area contributed by atoms with Gasteiger partial charge in [0.05, 0.1) is 46.2 Å². The minimum Gasteiger partial charge on any atom is -0.374 e. The lowest BCUT2D eigenvalue weighted by molar-refractivity contribution is -0.337. The van der Waals surface area contributed by atoms with Crippen molar-refractivity contribution < 1.29 is 37.9 Å². The van der Waals surface area contributed by atoms with Crippen molar-refractivity contribution in [3.63, 3.8) is 0 Å². The first-order chi connectivity index (χ1) is 24.6. The van der Waals surface area contributed by atoms with E-state index in [1.54, 1.807) is 13.2 Å². The molecule has 6 atom stereocenters. The van der Waals surface area contributed by atoms with Crippen molar-refractivity contribution in [1.82, 2.24) is 0 Å². The van der Waals surface area contributed by atoms with E-state index in [9.17, 15) is 0 Å². The smallest absolute Gasteiger partial charge is 0.186 e. The van der Waals surface area contributed by atoms with E-state index in [0.717, 1.165) is 27.8 Å². The highest BCUT2D eigenvalue weighted by molar-refractivity contribution is 5.16. The summed E-state index contributed by atoms with van der Waals surface area (Å²) >= 11 is 0. The quantitative estimate of drug-likeness (QED) is 0.0665. The Balaban J connectivity index is 1.30. The Morgan fingerprint density at radius 1 is 0.640 bits per heavy atom. The molecule has 4 aromatic rings. The standard InChI is InChI=1S/C42H48O8/c1-4-38(46-26-32(2)25-44-27-33-17-9-5-10-18-33)50-41-40(48-30-36-23-15-8-16-24-36)39(47-29-35-21-13-7-14-22-35)37(49-42(41)43-3)31-45-28-34-19-11-6-12-20-34/h4-24,37-42H,1-2,25-31H2,3H3/t37-,38?,39-,40+,41-,42-/m1/s1. The lowest BCUT2D eigenvalue weighted by Gasteiger charge is -2.46. The van der Waals surface area contributed by atoms with Crippen molar-refractivity contribution in [2.75, 3.05) is 26.9 Å². The molecule has 1 saturated heterocycles. The molecule has 264 valence electrons. The topological polar surface area (TPSA) is 73.8 Å². The molecule has 1 heterocycles. The molecule has 0 spiro atoms. The molecule has 1 fully saturated rings. The second-order valence-corrected chi connectivity index (χ2v) is 12.0. The molecule has 0 radical (unpaired) electrons. The Labute approximate surface area is 296 Å². The van der Waals surface area contributed by atoms with Crippen LogP contribution in [0, 0.1) is 0 Å². The largest absolute Gasteiger partial charge is 0.374 e. The number of hydrogen-bond acceptors (Lipinski definition) is 8. The maximum atomic E-state index is 6.68. The van der Waals surface area contributed by atoms with E-state index in [2.05, 4.69) is 13.2 Å². The van der Waals surface area contributed by atoms with Gasteiger partial charge in [-0.25, -0.2) is 0 Å². The van der Waals surface area contributed by atoms with E-state index in [1.165, 1.54) is 0 Å². The van der Waals surface area contributed by atoms with Crippen LogP contribution in [0.5, 0.6) is 0 Å². The molecule has 0 saturated carbocycles. The van der Waals surface area contributed by atoms with Crippen LogP contribution in [0.3, 0.4) is 0 Å². The normalized spacial score (nSPS) is 21.0. The zero-order chi connectivity index (χ0) is 34.8. The molecule has 0 aromatic heterocycles. The number of rotatable bonds is 21. The SMILES string of the molecule is C=CC(OCC(=C)COCc1ccccc1)O[C@H]1[C@H](OC)O[C@H](COCc2ccccc2)[C@@H](OCc2ccccc2)[C@@H]1OCc1ccccc1. The fourth-order valence-corrected chi connectivity index (χ4v) is 5.59. The number of benzene rings is 4. The van der Waals surface area contributed by atoms with Crippen molar-refractivity contribution >= 4 is 0 Å². The average molecular weight is 681 g/mol. The monoisotopic (exact) mass is 680 g/mol. The van der Waals surface area contributed by atoms with E-state index in [1.807, 2.05) is 121 Å². The predicted octanol–water partition coefficient (Wildman–Crippen LogP) is 7.43. The highest BCUT2D eigenvalue weighted by Crippen LogP contribution is 2.31. The van der Waals surface area contributed by atoms with Crippen LogP contribution in [0.4, 0.5) is 0 Å². The van der Waals surface area contributed by atoms with Gasteiger partial charge in [0.2, 0.25) is 0 Å². The zero-order valence-electron chi connectivity index (χ0n) is 28.7. The average Bonchev–Trinajstić information content (AvgIpc) is 3.17. The van der Waals surface area contributed by atoms with E-state index in [0.29, 0.717) is 33.0 Å². The lowest BCUT2D eigenvalue weighted by Crippen LogP contribution is -2.62. The summed E-state index contributed by atoms with van der Waals surface area (Å²) < 4.78 is 50.4. The van der Waals surface area contributed by atoms with Gasteiger partial charge >= 0.3 is 0 Å². The summed E-state index contributed by atoms with van der Waals surface area (Å²) in [7, 11) is 1.58. The molecule has 0 amide bonds. The first-order valence-corrected chi connectivity index (χ1v) is 16.9. The van der Waals surface area contributed by atoms with Gasteiger partial charge < -0.3 is 37.9 Å². The molecular formula is C42H48O8. The van der Waals surface area contributed by atoms with Gasteiger partial charge in [-0.1, -0.05) is 134 Å². The van der Waals surface area contributed by atoms with Crippen LogP contribution in [0.25, 0.3) is 0 Å². The van der Waals surface area contributed by atoms with Crippen molar-refractivity contribution in [3.05, 3.63) is 168 Å². The van der Waals surface area contributed by atoms with Crippen molar-refractivity contribution in [2.24, 2.45) is 0 Å². The Kier molecular flexibility index (Phi) is 15.4. The second kappa shape index (κ2) is 20.7. The second-order valence-electron chi connectivity index (χ2n) is 12.0. The van der Waals surface area contributed by atoms with Gasteiger partial charge in [-0.05, 0) is 33.9 Å². The summed E-state index contributed by atoms with van der Waals surface area (Å²) in [6.07, 6.45) is -2.55. The van der Waals surface area contributed by atoms with Crippen LogP contribution in [-0.4, -0.2) is 63.9 Å². The van der Waals surface area contributed by atoms with Gasteiger partial charge in [0.15, 0.2) is 12.6 Å². The minimum atomic E-state index is -0.824. The molecule has 5 rings (SSSR count). The summed E-state index contributed by atoms with van der Waals surface area (Å²) in [5.41, 5.74) is 4.94. The van der Waals surface area contributed by atoms with Crippen molar-refractivity contribution in [2.45, 2.75) is 63.4 Å². The molecule has 0 bridgehead atoms. The first-order valence-electron chi connectivity index (χ1n) is 16.9. The van der Waals surface area contributed by atoms with Crippen molar-refractivity contribution in [3.8, 4) is 0 Å². The highest BCUT2D eigenvalue weighted by Gasteiger charge is 2.49. The fraction of sp³-hybridized carbons (Fsp3) is 0.333. The predicted molar refractivity (Wildman–Crippen MR) is 192 cm³/mol. The third kappa shape index (κ3) is 11.8. The van der Waals surface area contributed by atoms with Gasteiger partial charge in [-0.2, -0.15) is 0 Å². The summed E-state index contributed by atoms with van der Waals surface area (Å²) in [4.78, 5) is 0. The van der Waals surface area contributed by atoms with Crippen LogP contribution in [0.1, 0.15) is 22.3 Å². The van der Waals surface area contributed by atoms with Crippen molar-refractivity contribution in [1.29, 1.82) is 0 Å². The van der Waals surface area contributed by atoms with Gasteiger partial charge in [0.25, 0.3) is 0 Å². The molecule has 8 heteroatoms. The molecule has 1 unspecified atom stereocenters. The maximum Gasteiger partial charge on any atom is 0.186 e. The van der Waals surface area contributed by atoms with Crippen LogP contribution in [0.2, 0.25) is 0 Å². The van der Waals surface area contributed by atoms with Gasteiger partial charge in [-0.15, -0.1) is 0 Å². The van der Waals surface area contributed by atoms with Crippen LogP contribution < -0.4 is 0 Å². The van der Waals surface area contributed by atoms with E-state index in [-0.39, 0.29) is 13.2 Å². The van der Waals surface area contributed by atoms with Gasteiger partial charge in [0.1, 0.15) is 24.4 Å². The Morgan fingerprint density at radius 3 is 1.62 bits per heavy atom. The van der Waals surface area contributed by atoms with Crippen LogP contribution in [0.15, 0.2) is 146 Å². The molecule has 0 aliphatic carbocycles. The molecule has 1 aliphatic heterocycles. The van der Waals surface area contributed by atoms with Crippen LogP contribution >= 0.6 is 0 Å². The van der Waals surface area contributed by atoms with E-state index in [4.69, 9.17) is 37.9 Å². The lowest BCUT2D eigenvalue weighted by atomic mass is 9.98. The molecule has 0 N–H and O–H groups in total. The number of methoxy groups -OCH3 is 1. The fourth-order valence-electron chi connectivity index (χ4n) is 5.59. The zero-order valence-corrected chi connectivity index (χ0v) is 28.7. The molecular weight excluding hydrogens is 632 g/mol. The maximum absolute atomic E-state index is 6.68. The summed E-state index contributed by atoms with van der Waals surface area (Å²) in [6, 6.07) is 40.0. The number of hydrogen-bond donors (Lipinski definition) is 0. The highest BCUT2D eigenvalue weighted by atomic mass is 16.7. The summed E-state index contributed by atoms with van der Waals surface area (Å²) in [5.74, 6) is 0. The molecule has 8 nitrogen and oxygen atoms in total. The van der Waals surface area contributed by atoms with Crippen LogP contribution in [-0.2, 0) is 64.3 Å². The molecule has 50 heavy (non-hydrogen) atoms. The first kappa shape index (κ1) is 37.3. The van der Waals surface area contributed by atoms with Gasteiger partial charge in [0, 0.05) is 7.11 Å². The summed E-state index contributed by atoms with van der Waals surface area (Å²) in [6.45, 7) is 10.4.